The standard InChI is InChI=1S/C17H25N3O/c1-13-5-3-6-15(14(13)2)19-9-11-20(12-10-19)16-7-4-8-18-17(16)21/h3,5-6,16H,4,7-12H2,1-2H3,(H,18,21). The average Bonchev–Trinajstić information content (AvgIpc) is 2.51. The highest BCUT2D eigenvalue weighted by molar-refractivity contribution is 5.82. The largest absolute Gasteiger partial charge is 0.369 e. The zero-order valence-electron chi connectivity index (χ0n) is 13.1. The number of amides is 1. The van der Waals surface area contributed by atoms with E-state index in [2.05, 4.69) is 47.2 Å². The minimum atomic E-state index is 0.0968. The average molecular weight is 287 g/mol. The molecule has 0 spiro atoms. The molecule has 2 aliphatic heterocycles. The molecule has 2 aliphatic rings. The molecule has 0 radical (unpaired) electrons. The van der Waals surface area contributed by atoms with Crippen molar-refractivity contribution < 1.29 is 4.79 Å². The van der Waals surface area contributed by atoms with Crippen LogP contribution in [0.4, 0.5) is 5.69 Å². The smallest absolute Gasteiger partial charge is 0.237 e. The first-order chi connectivity index (χ1) is 10.2. The minimum absolute atomic E-state index is 0.0968. The molecule has 1 aromatic carbocycles. The molecule has 4 heteroatoms. The van der Waals surface area contributed by atoms with Crippen molar-refractivity contribution in [3.63, 3.8) is 0 Å². The first-order valence-electron chi connectivity index (χ1n) is 8.00. The van der Waals surface area contributed by atoms with Gasteiger partial charge < -0.3 is 10.2 Å². The van der Waals surface area contributed by atoms with E-state index in [0.717, 1.165) is 45.6 Å². The Bertz CT molecular complexity index is 521. The van der Waals surface area contributed by atoms with Crippen LogP contribution in [0.3, 0.4) is 0 Å². The summed E-state index contributed by atoms with van der Waals surface area (Å²) < 4.78 is 0. The lowest BCUT2D eigenvalue weighted by atomic mass is 10.0. The zero-order valence-corrected chi connectivity index (χ0v) is 13.1. The van der Waals surface area contributed by atoms with E-state index in [9.17, 15) is 4.79 Å². The summed E-state index contributed by atoms with van der Waals surface area (Å²) in [6.45, 7) is 9.18. The van der Waals surface area contributed by atoms with Gasteiger partial charge >= 0.3 is 0 Å². The Morgan fingerprint density at radius 2 is 1.90 bits per heavy atom. The summed E-state index contributed by atoms with van der Waals surface area (Å²) in [5, 5.41) is 2.99. The molecule has 2 fully saturated rings. The predicted molar refractivity (Wildman–Crippen MR) is 85.7 cm³/mol. The zero-order chi connectivity index (χ0) is 14.8. The Morgan fingerprint density at radius 3 is 2.62 bits per heavy atom. The van der Waals surface area contributed by atoms with Gasteiger partial charge in [0.1, 0.15) is 0 Å². The van der Waals surface area contributed by atoms with E-state index >= 15 is 0 Å². The molecule has 1 amide bonds. The van der Waals surface area contributed by atoms with Gasteiger partial charge in [0.2, 0.25) is 5.91 Å². The quantitative estimate of drug-likeness (QED) is 0.899. The monoisotopic (exact) mass is 287 g/mol. The maximum Gasteiger partial charge on any atom is 0.237 e. The second-order valence-corrected chi connectivity index (χ2v) is 6.19. The van der Waals surface area contributed by atoms with Gasteiger partial charge in [0.25, 0.3) is 0 Å². The number of aryl methyl sites for hydroxylation is 1. The van der Waals surface area contributed by atoms with Crippen LogP contribution in [-0.2, 0) is 4.79 Å². The van der Waals surface area contributed by atoms with E-state index in [1.54, 1.807) is 0 Å². The number of rotatable bonds is 2. The van der Waals surface area contributed by atoms with Gasteiger partial charge in [-0.3, -0.25) is 9.69 Å². The van der Waals surface area contributed by atoms with E-state index in [1.165, 1.54) is 16.8 Å². The highest BCUT2D eigenvalue weighted by atomic mass is 16.2. The van der Waals surface area contributed by atoms with Gasteiger partial charge in [0.15, 0.2) is 0 Å². The third-order valence-corrected chi connectivity index (χ3v) is 4.93. The normalized spacial score (nSPS) is 24.0. The van der Waals surface area contributed by atoms with Crippen LogP contribution in [0.5, 0.6) is 0 Å². The molecular weight excluding hydrogens is 262 g/mol. The minimum Gasteiger partial charge on any atom is -0.369 e. The number of nitrogens with one attached hydrogen (secondary N) is 1. The summed E-state index contributed by atoms with van der Waals surface area (Å²) >= 11 is 0. The summed E-state index contributed by atoms with van der Waals surface area (Å²) in [6.07, 6.45) is 2.11. The van der Waals surface area contributed by atoms with Crippen LogP contribution in [0, 0.1) is 13.8 Å². The number of piperazine rings is 1. The van der Waals surface area contributed by atoms with Crippen LogP contribution >= 0.6 is 0 Å². The number of anilines is 1. The summed E-state index contributed by atoms with van der Waals surface area (Å²) in [4.78, 5) is 16.8. The second kappa shape index (κ2) is 6.06. The van der Waals surface area contributed by atoms with Gasteiger partial charge in [-0.15, -0.1) is 0 Å². The first kappa shape index (κ1) is 14.4. The van der Waals surface area contributed by atoms with Crippen molar-refractivity contribution in [3.05, 3.63) is 29.3 Å². The van der Waals surface area contributed by atoms with Gasteiger partial charge in [-0.25, -0.2) is 0 Å². The van der Waals surface area contributed by atoms with Crippen molar-refractivity contribution in [2.75, 3.05) is 37.6 Å². The number of nitrogens with zero attached hydrogens (tertiary/aromatic N) is 2. The Hall–Kier alpha value is -1.55. The Labute approximate surface area is 127 Å². The molecule has 114 valence electrons. The Morgan fingerprint density at radius 1 is 1.14 bits per heavy atom. The fourth-order valence-corrected chi connectivity index (χ4v) is 3.46. The molecule has 21 heavy (non-hydrogen) atoms. The number of carbonyl (C=O) groups excluding carboxylic acids is 1. The van der Waals surface area contributed by atoms with Crippen molar-refractivity contribution in [2.45, 2.75) is 32.7 Å². The van der Waals surface area contributed by atoms with Crippen LogP contribution < -0.4 is 10.2 Å². The fourth-order valence-electron chi connectivity index (χ4n) is 3.46. The third kappa shape index (κ3) is 2.91. The molecule has 3 rings (SSSR count). The highest BCUT2D eigenvalue weighted by Gasteiger charge is 2.30. The van der Waals surface area contributed by atoms with Crippen LogP contribution in [0.25, 0.3) is 0 Å². The van der Waals surface area contributed by atoms with Crippen molar-refractivity contribution in [1.82, 2.24) is 10.2 Å². The van der Waals surface area contributed by atoms with Crippen molar-refractivity contribution in [1.29, 1.82) is 0 Å². The molecule has 1 atom stereocenters. The molecular formula is C17H25N3O. The van der Waals surface area contributed by atoms with Gasteiger partial charge in [0, 0.05) is 38.4 Å². The van der Waals surface area contributed by atoms with Gasteiger partial charge in [-0.05, 0) is 43.9 Å². The van der Waals surface area contributed by atoms with E-state index in [1.807, 2.05) is 0 Å². The lowest BCUT2D eigenvalue weighted by molar-refractivity contribution is -0.128. The number of hydrogen-bond acceptors (Lipinski definition) is 3. The number of hydrogen-bond donors (Lipinski definition) is 1. The molecule has 0 aromatic heterocycles. The predicted octanol–water partition coefficient (Wildman–Crippen LogP) is 1.70. The van der Waals surface area contributed by atoms with E-state index in [4.69, 9.17) is 0 Å². The SMILES string of the molecule is Cc1cccc(N2CCN(C3CCCNC3=O)CC2)c1C. The molecule has 2 saturated heterocycles. The maximum absolute atomic E-state index is 12.0. The molecule has 1 unspecified atom stereocenters. The third-order valence-electron chi connectivity index (χ3n) is 4.93. The molecule has 0 saturated carbocycles. The number of carbonyl (C=O) groups is 1. The summed E-state index contributed by atoms with van der Waals surface area (Å²) in [5.74, 6) is 0.224. The van der Waals surface area contributed by atoms with E-state index in [-0.39, 0.29) is 11.9 Å². The van der Waals surface area contributed by atoms with E-state index < -0.39 is 0 Å². The Kier molecular flexibility index (Phi) is 4.15. The molecule has 1 N–H and O–H groups in total. The lowest BCUT2D eigenvalue weighted by Crippen LogP contribution is -2.56. The summed E-state index contributed by atoms with van der Waals surface area (Å²) in [7, 11) is 0. The highest BCUT2D eigenvalue weighted by Crippen LogP contribution is 2.24. The summed E-state index contributed by atoms with van der Waals surface area (Å²) in [5.41, 5.74) is 4.07. The summed E-state index contributed by atoms with van der Waals surface area (Å²) in [6, 6.07) is 6.62. The molecule has 2 heterocycles. The van der Waals surface area contributed by atoms with Gasteiger partial charge in [0.05, 0.1) is 6.04 Å². The molecule has 1 aromatic rings. The molecule has 0 bridgehead atoms. The van der Waals surface area contributed by atoms with Crippen LogP contribution in [0.1, 0.15) is 24.0 Å². The van der Waals surface area contributed by atoms with Gasteiger partial charge in [-0.1, -0.05) is 12.1 Å². The lowest BCUT2D eigenvalue weighted by Gasteiger charge is -2.41. The molecule has 4 nitrogen and oxygen atoms in total. The topological polar surface area (TPSA) is 35.6 Å². The number of piperidine rings is 1. The second-order valence-electron chi connectivity index (χ2n) is 6.19. The number of benzene rings is 1. The molecule has 0 aliphatic carbocycles. The van der Waals surface area contributed by atoms with Crippen molar-refractivity contribution >= 4 is 11.6 Å². The van der Waals surface area contributed by atoms with Crippen molar-refractivity contribution in [3.8, 4) is 0 Å². The van der Waals surface area contributed by atoms with Crippen LogP contribution in [0.15, 0.2) is 18.2 Å². The first-order valence-corrected chi connectivity index (χ1v) is 8.00. The van der Waals surface area contributed by atoms with Gasteiger partial charge in [-0.2, -0.15) is 0 Å². The fraction of sp³-hybridized carbons (Fsp3) is 0.588. The van der Waals surface area contributed by atoms with Crippen molar-refractivity contribution in [2.24, 2.45) is 0 Å². The van der Waals surface area contributed by atoms with Crippen LogP contribution in [0.2, 0.25) is 0 Å². The maximum atomic E-state index is 12.0. The van der Waals surface area contributed by atoms with Crippen LogP contribution in [-0.4, -0.2) is 49.6 Å². The Balaban J connectivity index is 1.65. The van der Waals surface area contributed by atoms with E-state index in [0.29, 0.717) is 0 Å².